The number of aliphatic imine (C=N–C) groups is 1. The van der Waals surface area contributed by atoms with Gasteiger partial charge in [-0.3, -0.25) is 9.79 Å². The summed E-state index contributed by atoms with van der Waals surface area (Å²) < 4.78 is 0. The zero-order chi connectivity index (χ0) is 19.3. The maximum atomic E-state index is 13.3. The molecule has 2 aromatic carbocycles. The molecular formula is C21H21N3O3. The van der Waals surface area contributed by atoms with Crippen molar-refractivity contribution < 1.29 is 15.0 Å². The number of nitrogens with zero attached hydrogens (tertiary/aromatic N) is 2. The Morgan fingerprint density at radius 3 is 2.41 bits per heavy atom. The number of fused-ring (bicyclic) bond motifs is 1. The zero-order valence-electron chi connectivity index (χ0n) is 15.4. The van der Waals surface area contributed by atoms with E-state index < -0.39 is 5.54 Å². The van der Waals surface area contributed by atoms with Crippen LogP contribution < -0.4 is 10.2 Å². The molecule has 138 valence electrons. The number of rotatable bonds is 1. The van der Waals surface area contributed by atoms with E-state index >= 15 is 0 Å². The van der Waals surface area contributed by atoms with Crippen LogP contribution in [0.1, 0.15) is 19.4 Å². The van der Waals surface area contributed by atoms with Gasteiger partial charge in [0.15, 0.2) is 5.78 Å². The lowest BCUT2D eigenvalue weighted by Crippen LogP contribution is -2.44. The first-order valence-electron chi connectivity index (χ1n) is 8.76. The zero-order valence-corrected chi connectivity index (χ0v) is 15.4. The van der Waals surface area contributed by atoms with Gasteiger partial charge in [0, 0.05) is 43.1 Å². The first-order valence-corrected chi connectivity index (χ1v) is 8.76. The first-order chi connectivity index (χ1) is 12.8. The highest BCUT2D eigenvalue weighted by molar-refractivity contribution is 6.37. The molecule has 4 rings (SSSR count). The number of anilines is 2. The number of hydrogen-bond donors (Lipinski definition) is 3. The van der Waals surface area contributed by atoms with Crippen LogP contribution in [0.5, 0.6) is 11.5 Å². The highest BCUT2D eigenvalue weighted by Gasteiger charge is 2.50. The molecule has 2 aliphatic rings. The summed E-state index contributed by atoms with van der Waals surface area (Å²) in [7, 11) is 1.64. The lowest BCUT2D eigenvalue weighted by molar-refractivity contribution is -0.118. The van der Waals surface area contributed by atoms with Crippen LogP contribution >= 0.6 is 0 Å². The largest absolute Gasteiger partial charge is 0.508 e. The maximum Gasteiger partial charge on any atom is 0.193 e. The monoisotopic (exact) mass is 363 g/mol. The van der Waals surface area contributed by atoms with Crippen molar-refractivity contribution in [2.75, 3.05) is 17.3 Å². The number of ketones is 1. The molecule has 3 N–H and O–H groups in total. The predicted octanol–water partition coefficient (Wildman–Crippen LogP) is 3.22. The van der Waals surface area contributed by atoms with Crippen molar-refractivity contribution in [2.24, 2.45) is 4.99 Å². The molecular weight excluding hydrogens is 342 g/mol. The second-order valence-electron chi connectivity index (χ2n) is 7.29. The van der Waals surface area contributed by atoms with Gasteiger partial charge in [0.05, 0.1) is 11.3 Å². The number of hydrogen-bond acceptors (Lipinski definition) is 5. The SMILES string of the molecule is CN=C1C(=C2Cc3ccccc3N2)C(=O)C(C)(C)N1c1cc(O)cc(O)c1. The van der Waals surface area contributed by atoms with E-state index in [4.69, 9.17) is 0 Å². The Bertz CT molecular complexity index is 974. The van der Waals surface area contributed by atoms with E-state index in [0.717, 1.165) is 16.9 Å². The van der Waals surface area contributed by atoms with Crippen LogP contribution in [0, 0.1) is 0 Å². The molecule has 2 aliphatic heterocycles. The number of para-hydroxylation sites is 1. The van der Waals surface area contributed by atoms with Gasteiger partial charge in [-0.05, 0) is 25.5 Å². The number of allylic oxidation sites excluding steroid dienone is 1. The third-order valence-corrected chi connectivity index (χ3v) is 5.11. The Morgan fingerprint density at radius 1 is 1.11 bits per heavy atom. The standard InChI is InChI=1S/C21H21N3O3/c1-21(2)19(27)18(17-8-12-6-4-5-7-16(12)23-17)20(22-3)24(21)13-9-14(25)11-15(26)10-13/h4-7,9-11,23,25-26H,8H2,1-3H3. The lowest BCUT2D eigenvalue weighted by Gasteiger charge is -2.31. The van der Waals surface area contributed by atoms with Crippen molar-refractivity contribution in [3.63, 3.8) is 0 Å². The predicted molar refractivity (Wildman–Crippen MR) is 105 cm³/mol. The Morgan fingerprint density at radius 2 is 1.78 bits per heavy atom. The van der Waals surface area contributed by atoms with Gasteiger partial charge in [-0.25, -0.2) is 0 Å². The van der Waals surface area contributed by atoms with E-state index in [1.54, 1.807) is 11.9 Å². The molecule has 0 aromatic heterocycles. The average Bonchev–Trinajstić information content (AvgIpc) is 3.10. The third-order valence-electron chi connectivity index (χ3n) is 5.11. The van der Waals surface area contributed by atoms with Crippen LogP contribution in [0.2, 0.25) is 0 Å². The molecule has 0 atom stereocenters. The van der Waals surface area contributed by atoms with Crippen molar-refractivity contribution in [2.45, 2.75) is 25.8 Å². The molecule has 1 fully saturated rings. The van der Waals surface area contributed by atoms with E-state index in [-0.39, 0.29) is 17.3 Å². The maximum absolute atomic E-state index is 13.3. The topological polar surface area (TPSA) is 85.2 Å². The van der Waals surface area contributed by atoms with Crippen LogP contribution in [-0.4, -0.2) is 34.4 Å². The number of carbonyl (C=O) groups excluding carboxylic acids is 1. The van der Waals surface area contributed by atoms with E-state index in [2.05, 4.69) is 10.3 Å². The van der Waals surface area contributed by atoms with Gasteiger partial charge in [-0.1, -0.05) is 18.2 Å². The fourth-order valence-corrected chi connectivity index (χ4v) is 3.87. The molecule has 0 spiro atoms. The Balaban J connectivity index is 1.87. The van der Waals surface area contributed by atoms with Gasteiger partial charge in [0.1, 0.15) is 22.9 Å². The minimum atomic E-state index is -0.909. The number of aromatic hydroxyl groups is 2. The summed E-state index contributed by atoms with van der Waals surface area (Å²) in [5.74, 6) is 0.318. The molecule has 2 heterocycles. The van der Waals surface area contributed by atoms with Crippen LogP contribution in [-0.2, 0) is 11.2 Å². The molecule has 2 aromatic rings. The molecule has 0 aliphatic carbocycles. The second kappa shape index (κ2) is 5.87. The summed E-state index contributed by atoms with van der Waals surface area (Å²) in [6, 6.07) is 12.2. The minimum Gasteiger partial charge on any atom is -0.508 e. The van der Waals surface area contributed by atoms with Crippen LogP contribution in [0.15, 0.2) is 58.7 Å². The summed E-state index contributed by atoms with van der Waals surface area (Å²) in [4.78, 5) is 19.5. The molecule has 0 unspecified atom stereocenters. The molecule has 6 heteroatoms. The van der Waals surface area contributed by atoms with Crippen LogP contribution in [0.3, 0.4) is 0 Å². The summed E-state index contributed by atoms with van der Waals surface area (Å²) in [6.45, 7) is 3.63. The third kappa shape index (κ3) is 2.56. The van der Waals surface area contributed by atoms with E-state index in [9.17, 15) is 15.0 Å². The number of amidine groups is 1. The van der Waals surface area contributed by atoms with Crippen molar-refractivity contribution in [1.82, 2.24) is 0 Å². The van der Waals surface area contributed by atoms with Crippen molar-refractivity contribution in [3.05, 3.63) is 59.3 Å². The van der Waals surface area contributed by atoms with E-state index in [1.165, 1.54) is 18.2 Å². The first kappa shape index (κ1) is 17.1. The number of phenols is 2. The molecule has 6 nitrogen and oxygen atoms in total. The summed E-state index contributed by atoms with van der Waals surface area (Å²) in [6.07, 6.45) is 0.630. The molecule has 0 saturated carbocycles. The van der Waals surface area contributed by atoms with Crippen LogP contribution in [0.4, 0.5) is 11.4 Å². The fourth-order valence-electron chi connectivity index (χ4n) is 3.87. The summed E-state index contributed by atoms with van der Waals surface area (Å²) in [5.41, 5.74) is 3.10. The van der Waals surface area contributed by atoms with E-state index in [1.807, 2.05) is 38.1 Å². The molecule has 0 bridgehead atoms. The normalized spacial score (nSPS) is 22.3. The van der Waals surface area contributed by atoms with Crippen molar-refractivity contribution in [1.29, 1.82) is 0 Å². The molecule has 0 amide bonds. The Kier molecular flexibility index (Phi) is 3.73. The van der Waals surface area contributed by atoms with Gasteiger partial charge in [0.25, 0.3) is 0 Å². The highest BCUT2D eigenvalue weighted by atomic mass is 16.3. The number of Topliss-reactive ketones (excluding diaryl/α,β-unsaturated/α-hetero) is 1. The Hall–Kier alpha value is -3.28. The molecule has 0 radical (unpaired) electrons. The minimum absolute atomic E-state index is 0.0544. The smallest absolute Gasteiger partial charge is 0.193 e. The molecule has 27 heavy (non-hydrogen) atoms. The van der Waals surface area contributed by atoms with Gasteiger partial charge < -0.3 is 20.4 Å². The van der Waals surface area contributed by atoms with Crippen molar-refractivity contribution >= 4 is 23.0 Å². The van der Waals surface area contributed by atoms with E-state index in [0.29, 0.717) is 23.5 Å². The quantitative estimate of drug-likeness (QED) is 0.678. The second-order valence-corrected chi connectivity index (χ2v) is 7.29. The number of nitrogens with one attached hydrogen (secondary N) is 1. The fraction of sp³-hybridized carbons (Fsp3) is 0.238. The van der Waals surface area contributed by atoms with Crippen molar-refractivity contribution in [3.8, 4) is 11.5 Å². The summed E-state index contributed by atoms with van der Waals surface area (Å²) in [5, 5.41) is 23.2. The molecule has 1 saturated heterocycles. The Labute approximate surface area is 157 Å². The number of benzene rings is 2. The van der Waals surface area contributed by atoms with Crippen LogP contribution in [0.25, 0.3) is 0 Å². The van der Waals surface area contributed by atoms with Gasteiger partial charge in [-0.15, -0.1) is 0 Å². The average molecular weight is 363 g/mol. The van der Waals surface area contributed by atoms with Gasteiger partial charge in [0.2, 0.25) is 0 Å². The highest BCUT2D eigenvalue weighted by Crippen LogP contribution is 2.41. The lowest BCUT2D eigenvalue weighted by atomic mass is 9.96. The summed E-state index contributed by atoms with van der Waals surface area (Å²) >= 11 is 0. The number of carbonyl (C=O) groups is 1. The van der Waals surface area contributed by atoms with Gasteiger partial charge in [-0.2, -0.15) is 0 Å². The number of phenolic OH excluding ortho intramolecular Hbond substituents is 2. The van der Waals surface area contributed by atoms with Gasteiger partial charge >= 0.3 is 0 Å².